The van der Waals surface area contributed by atoms with Crippen LogP contribution in [0.5, 0.6) is 11.5 Å². The van der Waals surface area contributed by atoms with Gasteiger partial charge in [-0.2, -0.15) is 0 Å². The van der Waals surface area contributed by atoms with Gasteiger partial charge in [-0.05, 0) is 12.1 Å². The van der Waals surface area contributed by atoms with Crippen molar-refractivity contribution in [3.05, 3.63) is 64.2 Å². The Bertz CT molecular complexity index is 775. The molecule has 7 nitrogen and oxygen atoms in total. The molecule has 0 saturated carbocycles. The Labute approximate surface area is 132 Å². The van der Waals surface area contributed by atoms with E-state index in [0.717, 1.165) is 10.6 Å². The second-order valence-corrected chi connectivity index (χ2v) is 4.89. The molecule has 0 aromatic heterocycles. The first-order valence-corrected chi connectivity index (χ1v) is 6.84. The highest BCUT2D eigenvalue weighted by molar-refractivity contribution is 5.70. The van der Waals surface area contributed by atoms with Crippen LogP contribution in [0.15, 0.2) is 48.5 Å². The maximum Gasteiger partial charge on any atom is 0.276 e. The topological polar surface area (TPSA) is 85.1 Å². The second-order valence-electron chi connectivity index (χ2n) is 4.89. The summed E-state index contributed by atoms with van der Waals surface area (Å²) in [7, 11) is 1.41. The molecule has 2 aromatic carbocycles. The molecular weight excluding hydrogens is 300 g/mol. The Morgan fingerprint density at radius 2 is 1.96 bits per heavy atom. The van der Waals surface area contributed by atoms with Crippen molar-refractivity contribution >= 4 is 17.5 Å². The molecule has 2 aromatic rings. The number of benzene rings is 2. The number of methoxy groups -OCH3 is 1. The third kappa shape index (κ3) is 2.95. The normalized spacial score (nSPS) is 15.9. The summed E-state index contributed by atoms with van der Waals surface area (Å²) in [6, 6.07) is 11.4. The molecule has 7 heteroatoms. The van der Waals surface area contributed by atoms with E-state index in [1.54, 1.807) is 18.2 Å². The van der Waals surface area contributed by atoms with Crippen LogP contribution in [0, 0.1) is 10.1 Å². The van der Waals surface area contributed by atoms with Crippen molar-refractivity contribution in [2.45, 2.75) is 6.23 Å². The Hall–Kier alpha value is -3.06. The van der Waals surface area contributed by atoms with Crippen LogP contribution in [0.4, 0.5) is 11.4 Å². The summed E-state index contributed by atoms with van der Waals surface area (Å²) in [5.74, 6) is 0.531. The molecule has 3 rings (SSSR count). The lowest BCUT2D eigenvalue weighted by molar-refractivity contribution is -0.385. The molecule has 1 heterocycles. The van der Waals surface area contributed by atoms with Crippen LogP contribution in [0.2, 0.25) is 0 Å². The molecule has 1 aliphatic heterocycles. The number of ether oxygens (including phenoxy) is 2. The Morgan fingerprint density at radius 1 is 1.22 bits per heavy atom. The van der Waals surface area contributed by atoms with Crippen molar-refractivity contribution in [2.24, 2.45) is 0 Å². The van der Waals surface area contributed by atoms with Crippen molar-refractivity contribution in [1.29, 1.82) is 0 Å². The minimum Gasteiger partial charge on any atom is -0.496 e. The molecule has 1 atom stereocenters. The Morgan fingerprint density at radius 3 is 2.70 bits per heavy atom. The van der Waals surface area contributed by atoms with E-state index in [0.29, 0.717) is 11.4 Å². The minimum absolute atomic E-state index is 0.149. The molecule has 0 amide bonds. The third-order valence-electron chi connectivity index (χ3n) is 3.43. The van der Waals surface area contributed by atoms with Crippen molar-refractivity contribution in [3.63, 3.8) is 0 Å². The molecule has 0 bridgehead atoms. The van der Waals surface area contributed by atoms with Gasteiger partial charge in [0.15, 0.2) is 0 Å². The van der Waals surface area contributed by atoms with Gasteiger partial charge in [-0.25, -0.2) is 5.06 Å². The van der Waals surface area contributed by atoms with Gasteiger partial charge in [-0.3, -0.25) is 15.3 Å². The minimum atomic E-state index is -0.795. The molecular formula is C16H14N2O5. The Kier molecular flexibility index (Phi) is 3.86. The zero-order chi connectivity index (χ0) is 16.4. The fourth-order valence-electron chi connectivity index (χ4n) is 2.32. The van der Waals surface area contributed by atoms with Crippen molar-refractivity contribution in [3.8, 4) is 11.5 Å². The molecule has 23 heavy (non-hydrogen) atoms. The second kappa shape index (κ2) is 5.98. The highest BCUT2D eigenvalue weighted by atomic mass is 16.6. The van der Waals surface area contributed by atoms with Crippen molar-refractivity contribution < 1.29 is 19.6 Å². The number of nitro benzene ring substituents is 1. The van der Waals surface area contributed by atoms with E-state index in [4.69, 9.17) is 9.47 Å². The van der Waals surface area contributed by atoms with Crippen molar-refractivity contribution in [2.75, 3.05) is 12.2 Å². The predicted octanol–water partition coefficient (Wildman–Crippen LogP) is 3.23. The Balaban J connectivity index is 1.88. The fraction of sp³-hybridized carbons (Fsp3) is 0.125. The maximum atomic E-state index is 11.0. The summed E-state index contributed by atoms with van der Waals surface area (Å²) >= 11 is 0. The molecule has 1 aliphatic rings. The van der Waals surface area contributed by atoms with Crippen LogP contribution in [0.1, 0.15) is 5.56 Å². The SMILES string of the molecule is COc1cc(OC2C=Cc3ccccc3N2O)cc([N+](=O)[O-])c1. The molecule has 1 N–H and O–H groups in total. The van der Waals surface area contributed by atoms with Crippen LogP contribution >= 0.6 is 0 Å². The predicted molar refractivity (Wildman–Crippen MR) is 83.8 cm³/mol. The summed E-state index contributed by atoms with van der Waals surface area (Å²) in [6.07, 6.45) is 2.69. The molecule has 0 saturated heterocycles. The molecule has 1 unspecified atom stereocenters. The van der Waals surface area contributed by atoms with Crippen LogP contribution in [0.3, 0.4) is 0 Å². The first-order valence-electron chi connectivity index (χ1n) is 6.84. The quantitative estimate of drug-likeness (QED) is 0.689. The van der Waals surface area contributed by atoms with Gasteiger partial charge in [0.05, 0.1) is 29.9 Å². The monoisotopic (exact) mass is 314 g/mol. The number of nitro groups is 1. The number of non-ortho nitro benzene ring substituents is 1. The van der Waals surface area contributed by atoms with Gasteiger partial charge in [-0.15, -0.1) is 0 Å². The molecule has 0 radical (unpaired) electrons. The number of rotatable bonds is 4. The largest absolute Gasteiger partial charge is 0.496 e. The number of fused-ring (bicyclic) bond motifs is 1. The molecule has 0 aliphatic carbocycles. The third-order valence-corrected chi connectivity index (χ3v) is 3.43. The fourth-order valence-corrected chi connectivity index (χ4v) is 2.32. The zero-order valence-corrected chi connectivity index (χ0v) is 12.2. The number of hydrogen-bond acceptors (Lipinski definition) is 6. The highest BCUT2D eigenvalue weighted by Gasteiger charge is 2.23. The summed E-state index contributed by atoms with van der Waals surface area (Å²) in [6.45, 7) is 0. The van der Waals surface area contributed by atoms with E-state index in [-0.39, 0.29) is 11.4 Å². The van der Waals surface area contributed by atoms with Crippen LogP contribution in [-0.4, -0.2) is 23.5 Å². The molecule has 0 spiro atoms. The average molecular weight is 314 g/mol. The van der Waals surface area contributed by atoms with Crippen LogP contribution < -0.4 is 14.5 Å². The standard InChI is InChI=1S/C16H14N2O5/c1-22-13-8-12(18(20)21)9-14(10-13)23-16-7-6-11-4-2-3-5-15(11)17(16)19/h2-10,16,19H,1H3. The van der Waals surface area contributed by atoms with E-state index in [9.17, 15) is 15.3 Å². The van der Waals surface area contributed by atoms with E-state index in [2.05, 4.69) is 0 Å². The number of nitrogens with zero attached hydrogens (tertiary/aromatic N) is 2. The van der Waals surface area contributed by atoms with Gasteiger partial charge >= 0.3 is 0 Å². The van der Waals surface area contributed by atoms with Crippen LogP contribution in [-0.2, 0) is 0 Å². The van der Waals surface area contributed by atoms with Crippen molar-refractivity contribution in [1.82, 2.24) is 0 Å². The number of para-hydroxylation sites is 1. The first-order chi connectivity index (χ1) is 11.1. The van der Waals surface area contributed by atoms with Crippen LogP contribution in [0.25, 0.3) is 6.08 Å². The molecule has 118 valence electrons. The number of hydrogen-bond donors (Lipinski definition) is 1. The zero-order valence-electron chi connectivity index (χ0n) is 12.2. The van der Waals surface area contributed by atoms with E-state index in [1.807, 2.05) is 18.2 Å². The van der Waals surface area contributed by atoms with Gasteiger partial charge in [0.25, 0.3) is 5.69 Å². The summed E-state index contributed by atoms with van der Waals surface area (Å²) in [5, 5.41) is 22.2. The lowest BCUT2D eigenvalue weighted by atomic mass is 10.1. The summed E-state index contributed by atoms with van der Waals surface area (Å²) < 4.78 is 10.7. The van der Waals surface area contributed by atoms with Gasteiger partial charge in [0.1, 0.15) is 11.5 Å². The van der Waals surface area contributed by atoms with Gasteiger partial charge < -0.3 is 9.47 Å². The summed E-state index contributed by atoms with van der Waals surface area (Å²) in [5.41, 5.74) is 1.30. The first kappa shape index (κ1) is 14.9. The maximum absolute atomic E-state index is 11.0. The van der Waals surface area contributed by atoms with Gasteiger partial charge in [-0.1, -0.05) is 24.3 Å². The van der Waals surface area contributed by atoms with E-state index < -0.39 is 11.2 Å². The smallest absolute Gasteiger partial charge is 0.276 e. The number of hydroxylamine groups is 1. The summed E-state index contributed by atoms with van der Waals surface area (Å²) in [4.78, 5) is 10.4. The highest BCUT2D eigenvalue weighted by Crippen LogP contribution is 2.31. The average Bonchev–Trinajstić information content (AvgIpc) is 2.57. The lowest BCUT2D eigenvalue weighted by Gasteiger charge is -2.30. The van der Waals surface area contributed by atoms with E-state index in [1.165, 1.54) is 25.3 Å². The van der Waals surface area contributed by atoms with Gasteiger partial charge in [0.2, 0.25) is 6.23 Å². The molecule has 0 fully saturated rings. The van der Waals surface area contributed by atoms with E-state index >= 15 is 0 Å². The number of anilines is 1. The lowest BCUT2D eigenvalue weighted by Crippen LogP contribution is -2.37. The van der Waals surface area contributed by atoms with Gasteiger partial charge in [0, 0.05) is 11.6 Å².